The summed E-state index contributed by atoms with van der Waals surface area (Å²) in [6, 6.07) is 5.65. The number of benzene rings is 1. The lowest BCUT2D eigenvalue weighted by Crippen LogP contribution is -2.17. The van der Waals surface area contributed by atoms with Crippen LogP contribution in [-0.2, 0) is 6.42 Å². The van der Waals surface area contributed by atoms with Crippen molar-refractivity contribution in [1.82, 2.24) is 0 Å². The van der Waals surface area contributed by atoms with E-state index in [9.17, 15) is 0 Å². The first-order chi connectivity index (χ1) is 8.62. The van der Waals surface area contributed by atoms with Crippen molar-refractivity contribution in [2.24, 2.45) is 5.73 Å². The van der Waals surface area contributed by atoms with Gasteiger partial charge in [-0.1, -0.05) is 0 Å². The molecule has 1 rings (SSSR count). The van der Waals surface area contributed by atoms with Gasteiger partial charge in [-0.15, -0.1) is 0 Å². The summed E-state index contributed by atoms with van der Waals surface area (Å²) in [5.41, 5.74) is 6.77. The van der Waals surface area contributed by atoms with Gasteiger partial charge >= 0.3 is 0 Å². The number of nitrogens with two attached hydrogens (primary N) is 1. The molecule has 1 aromatic carbocycles. The Morgan fingerprint density at radius 3 is 2.22 bits per heavy atom. The van der Waals surface area contributed by atoms with E-state index in [1.165, 1.54) is 0 Å². The maximum Gasteiger partial charge on any atom is 0.204 e. The van der Waals surface area contributed by atoms with Crippen LogP contribution < -0.4 is 19.9 Å². The van der Waals surface area contributed by atoms with Crippen molar-refractivity contribution in [3.8, 4) is 23.3 Å². The van der Waals surface area contributed by atoms with Crippen LogP contribution >= 0.6 is 0 Å². The quantitative estimate of drug-likeness (QED) is 0.827. The molecule has 0 aliphatic carbocycles. The molecule has 1 atom stereocenters. The zero-order valence-electron chi connectivity index (χ0n) is 10.9. The molecule has 1 aromatic rings. The minimum atomic E-state index is -0.0562. The highest BCUT2D eigenvalue weighted by Gasteiger charge is 2.14. The third kappa shape index (κ3) is 3.54. The van der Waals surface area contributed by atoms with E-state index in [2.05, 4.69) is 0 Å². The van der Waals surface area contributed by atoms with Crippen LogP contribution in [0.15, 0.2) is 12.1 Å². The highest BCUT2D eigenvalue weighted by Crippen LogP contribution is 2.38. The second-order valence-electron chi connectivity index (χ2n) is 3.96. The van der Waals surface area contributed by atoms with Gasteiger partial charge in [0.25, 0.3) is 0 Å². The Balaban J connectivity index is 3.12. The molecular formula is C13H18N2O3. The fraction of sp³-hybridized carbons (Fsp3) is 0.462. The average molecular weight is 250 g/mol. The zero-order chi connectivity index (χ0) is 13.5. The topological polar surface area (TPSA) is 77.5 Å². The molecule has 2 N–H and O–H groups in total. The molecule has 0 spiro atoms. The molecule has 1 unspecified atom stereocenters. The molecule has 0 bridgehead atoms. The zero-order valence-corrected chi connectivity index (χ0v) is 10.9. The highest BCUT2D eigenvalue weighted by atomic mass is 16.5. The molecule has 0 saturated heterocycles. The first-order valence-corrected chi connectivity index (χ1v) is 5.62. The fourth-order valence-electron chi connectivity index (χ4n) is 1.67. The van der Waals surface area contributed by atoms with Gasteiger partial charge in [0.2, 0.25) is 5.75 Å². The van der Waals surface area contributed by atoms with Crippen LogP contribution in [0.2, 0.25) is 0 Å². The molecule has 0 fully saturated rings. The summed E-state index contributed by atoms with van der Waals surface area (Å²) in [4.78, 5) is 0. The third-order valence-electron chi connectivity index (χ3n) is 2.36. The number of ether oxygens (including phenoxy) is 3. The summed E-state index contributed by atoms with van der Waals surface area (Å²) < 4.78 is 15.8. The molecule has 5 heteroatoms. The summed E-state index contributed by atoms with van der Waals surface area (Å²) in [6.07, 6.45) is 0.714. The molecule has 5 nitrogen and oxygen atoms in total. The number of hydrogen-bond acceptors (Lipinski definition) is 5. The van der Waals surface area contributed by atoms with Crippen LogP contribution in [0.3, 0.4) is 0 Å². The standard InChI is InChI=1S/C13H18N2O3/c1-9(15)6-10-7-11(16-2)13(18-5-4-14)12(8-10)17-3/h7-9H,5-6,15H2,1-3H3. The van der Waals surface area contributed by atoms with Crippen molar-refractivity contribution in [3.05, 3.63) is 17.7 Å². The summed E-state index contributed by atoms with van der Waals surface area (Å²) in [5.74, 6) is 1.52. The van der Waals surface area contributed by atoms with Crippen LogP contribution in [0, 0.1) is 11.3 Å². The number of hydrogen-bond donors (Lipinski definition) is 1. The summed E-state index contributed by atoms with van der Waals surface area (Å²) in [5, 5.41) is 8.56. The monoisotopic (exact) mass is 250 g/mol. The van der Waals surface area contributed by atoms with E-state index in [1.807, 2.05) is 25.1 Å². The summed E-state index contributed by atoms with van der Waals surface area (Å²) in [7, 11) is 3.09. The van der Waals surface area contributed by atoms with E-state index in [4.69, 9.17) is 25.2 Å². The molecule has 98 valence electrons. The molecule has 0 aromatic heterocycles. The van der Waals surface area contributed by atoms with E-state index in [0.29, 0.717) is 23.7 Å². The van der Waals surface area contributed by atoms with Crippen molar-refractivity contribution >= 4 is 0 Å². The minimum Gasteiger partial charge on any atom is -0.493 e. The lowest BCUT2D eigenvalue weighted by Gasteiger charge is -2.15. The normalized spacial score (nSPS) is 11.5. The number of nitrogens with zero attached hydrogens (tertiary/aromatic N) is 1. The Hall–Kier alpha value is -1.93. The van der Waals surface area contributed by atoms with Crippen molar-refractivity contribution in [2.75, 3.05) is 20.8 Å². The number of rotatable bonds is 6. The van der Waals surface area contributed by atoms with Crippen molar-refractivity contribution in [1.29, 1.82) is 5.26 Å². The summed E-state index contributed by atoms with van der Waals surface area (Å²) in [6.45, 7) is 1.87. The SMILES string of the molecule is COc1cc(CC(C)N)cc(OC)c1OCC#N. The van der Waals surface area contributed by atoms with E-state index in [-0.39, 0.29) is 12.6 Å². The van der Waals surface area contributed by atoms with Gasteiger partial charge < -0.3 is 19.9 Å². The number of methoxy groups -OCH3 is 2. The fourth-order valence-corrected chi connectivity index (χ4v) is 1.67. The molecule has 0 saturated carbocycles. The first kappa shape index (κ1) is 14.1. The van der Waals surface area contributed by atoms with Crippen LogP contribution in [-0.4, -0.2) is 26.9 Å². The van der Waals surface area contributed by atoms with E-state index in [0.717, 1.165) is 5.56 Å². The maximum absolute atomic E-state index is 8.56. The van der Waals surface area contributed by atoms with Crippen molar-refractivity contribution in [2.45, 2.75) is 19.4 Å². The molecular weight excluding hydrogens is 232 g/mol. The van der Waals surface area contributed by atoms with Gasteiger partial charge in [-0.25, -0.2) is 0 Å². The van der Waals surface area contributed by atoms with Crippen molar-refractivity contribution in [3.63, 3.8) is 0 Å². The highest BCUT2D eigenvalue weighted by molar-refractivity contribution is 5.54. The van der Waals surface area contributed by atoms with Crippen LogP contribution in [0.1, 0.15) is 12.5 Å². The van der Waals surface area contributed by atoms with Gasteiger partial charge in [-0.05, 0) is 31.0 Å². The lowest BCUT2D eigenvalue weighted by molar-refractivity contribution is 0.303. The first-order valence-electron chi connectivity index (χ1n) is 5.62. The lowest BCUT2D eigenvalue weighted by atomic mass is 10.1. The van der Waals surface area contributed by atoms with Gasteiger partial charge in [0.15, 0.2) is 18.1 Å². The Bertz CT molecular complexity index is 413. The Morgan fingerprint density at radius 1 is 1.28 bits per heavy atom. The molecule has 18 heavy (non-hydrogen) atoms. The van der Waals surface area contributed by atoms with Gasteiger partial charge in [-0.3, -0.25) is 0 Å². The van der Waals surface area contributed by atoms with E-state index >= 15 is 0 Å². The largest absolute Gasteiger partial charge is 0.493 e. The van der Waals surface area contributed by atoms with Gasteiger partial charge in [0.05, 0.1) is 14.2 Å². The van der Waals surface area contributed by atoms with E-state index < -0.39 is 0 Å². The van der Waals surface area contributed by atoms with Crippen LogP contribution in [0.4, 0.5) is 0 Å². The average Bonchev–Trinajstić information content (AvgIpc) is 2.35. The Morgan fingerprint density at radius 2 is 1.83 bits per heavy atom. The van der Waals surface area contributed by atoms with Crippen LogP contribution in [0.5, 0.6) is 17.2 Å². The minimum absolute atomic E-state index is 0.0466. The van der Waals surface area contributed by atoms with Crippen molar-refractivity contribution < 1.29 is 14.2 Å². The Kier molecular flexibility index (Phi) is 5.28. The maximum atomic E-state index is 8.56. The van der Waals surface area contributed by atoms with Crippen LogP contribution in [0.25, 0.3) is 0 Å². The Labute approximate surface area is 107 Å². The summed E-state index contributed by atoms with van der Waals surface area (Å²) >= 11 is 0. The van der Waals surface area contributed by atoms with E-state index in [1.54, 1.807) is 14.2 Å². The molecule has 0 heterocycles. The van der Waals surface area contributed by atoms with Gasteiger partial charge in [-0.2, -0.15) is 5.26 Å². The molecule has 0 aliphatic rings. The number of nitriles is 1. The van der Waals surface area contributed by atoms with Gasteiger partial charge in [0.1, 0.15) is 6.07 Å². The molecule has 0 aliphatic heterocycles. The predicted octanol–water partition coefficient (Wildman–Crippen LogP) is 1.50. The second kappa shape index (κ2) is 6.72. The predicted molar refractivity (Wildman–Crippen MR) is 68.0 cm³/mol. The second-order valence-corrected chi connectivity index (χ2v) is 3.96. The molecule has 0 amide bonds. The smallest absolute Gasteiger partial charge is 0.204 e. The molecule has 0 radical (unpaired) electrons. The third-order valence-corrected chi connectivity index (χ3v) is 2.36. The van der Waals surface area contributed by atoms with Gasteiger partial charge in [0, 0.05) is 6.04 Å².